The summed E-state index contributed by atoms with van der Waals surface area (Å²) < 4.78 is 61.6. The van der Waals surface area contributed by atoms with Crippen LogP contribution in [0.4, 0.5) is 0 Å². The molecule has 0 unspecified atom stereocenters. The van der Waals surface area contributed by atoms with Crippen LogP contribution in [0.5, 0.6) is 11.5 Å². The van der Waals surface area contributed by atoms with Crippen molar-refractivity contribution < 1.29 is 96.2 Å². The van der Waals surface area contributed by atoms with Crippen molar-refractivity contribution >= 4 is 65.0 Å². The number of carboxylic acid groups (broad SMARTS) is 3. The van der Waals surface area contributed by atoms with E-state index in [2.05, 4.69) is 0 Å². The molecule has 6 rings (SSSR count). The van der Waals surface area contributed by atoms with Crippen molar-refractivity contribution in [2.24, 2.45) is 17.8 Å². The molecule has 79 heavy (non-hydrogen) atoms. The quantitative estimate of drug-likeness (QED) is 0.0418. The molecule has 4 aromatic rings. The van der Waals surface area contributed by atoms with Gasteiger partial charge in [0, 0.05) is 74.2 Å². The number of ether oxygens (including phenoxy) is 10. The fourth-order valence-electron chi connectivity index (χ4n) is 10.4. The van der Waals surface area contributed by atoms with Crippen molar-refractivity contribution in [1.29, 1.82) is 0 Å². The van der Waals surface area contributed by atoms with E-state index in [9.17, 15) is 48.9 Å². The van der Waals surface area contributed by atoms with E-state index in [-0.39, 0.29) is 29.0 Å². The Labute approximate surface area is 466 Å². The smallest absolute Gasteiger partial charge is 0.303 e. The second-order valence-electron chi connectivity index (χ2n) is 19.0. The molecule has 0 saturated carbocycles. The van der Waals surface area contributed by atoms with Crippen molar-refractivity contribution in [3.05, 3.63) is 128 Å². The molecule has 0 radical (unpaired) electrons. The molecule has 2 aliphatic heterocycles. The van der Waals surface area contributed by atoms with Crippen molar-refractivity contribution in [3.63, 3.8) is 0 Å². The van der Waals surface area contributed by atoms with E-state index < -0.39 is 134 Å². The highest BCUT2D eigenvalue weighted by atomic mass is 35.5. The molecule has 0 aliphatic carbocycles. The summed E-state index contributed by atoms with van der Waals surface area (Å²) >= 11 is 13.8. The molecule has 20 nitrogen and oxygen atoms in total. The Kier molecular flexibility index (Phi) is 21.3. The van der Waals surface area contributed by atoms with E-state index in [1.807, 2.05) is 38.1 Å². The van der Waals surface area contributed by atoms with Gasteiger partial charge < -0.3 is 62.7 Å². The molecule has 10 atom stereocenters. The summed E-state index contributed by atoms with van der Waals surface area (Å²) in [5, 5.41) is 32.1. The molecule has 2 fully saturated rings. The number of carbonyl (C=O) groups excluding carboxylic acids is 4. The van der Waals surface area contributed by atoms with Crippen LogP contribution in [-0.4, -0.2) is 121 Å². The van der Waals surface area contributed by atoms with Crippen molar-refractivity contribution in [2.45, 2.75) is 116 Å². The number of carbonyl (C=O) groups is 7. The van der Waals surface area contributed by atoms with E-state index in [0.717, 1.165) is 38.8 Å². The number of carboxylic acids is 3. The van der Waals surface area contributed by atoms with Gasteiger partial charge in [-0.3, -0.25) is 33.6 Å². The molecule has 2 saturated heterocycles. The first kappa shape index (κ1) is 61.4. The van der Waals surface area contributed by atoms with Crippen molar-refractivity contribution in [2.75, 3.05) is 33.5 Å². The molecular formula is C57H64Cl2O20. The monoisotopic (exact) mass is 1140 g/mol. The van der Waals surface area contributed by atoms with Crippen LogP contribution in [0.15, 0.2) is 84.9 Å². The van der Waals surface area contributed by atoms with Gasteiger partial charge in [-0.1, -0.05) is 59.6 Å². The van der Waals surface area contributed by atoms with Crippen LogP contribution >= 0.6 is 23.2 Å². The standard InChI is InChI=1S/C57H64Cl2O20/c1-8-71-41-16-10-35(11-17-41)22-37-24-39(14-20-46(37)58)56(45(28-52(68)69)43(26-50(64)65)44(27-51(66)67)48(78-56)29-73-31(3)60)74-30-49-53(75-32(4)61)54(76-33(5)62)55(77-34(6)63)57(70-7,79-49)40-15-21-47(59)38(25-40)23-36-12-18-42(19-13-36)72-9-2/h10-21,24-25,43-45,48-49,53-55H,8-9,22-23,26-30H2,1-7H3,(H,64,65)(H,66,67)(H,68,69)/t43-,44+,45+,48-,49+,53+,54+,55-,56+,57-/m0/s1. The molecule has 22 heteroatoms. The van der Waals surface area contributed by atoms with E-state index in [1.54, 1.807) is 42.5 Å². The summed E-state index contributed by atoms with van der Waals surface area (Å²) in [6.45, 7) is 7.38. The number of aliphatic carboxylic acids is 3. The lowest BCUT2D eigenvalue weighted by atomic mass is 9.66. The van der Waals surface area contributed by atoms with Gasteiger partial charge in [-0.05, 0) is 103 Å². The molecule has 0 bridgehead atoms. The maximum absolute atomic E-state index is 13.2. The zero-order chi connectivity index (χ0) is 57.8. The van der Waals surface area contributed by atoms with Gasteiger partial charge in [0.1, 0.15) is 24.2 Å². The summed E-state index contributed by atoms with van der Waals surface area (Å²) in [6, 6.07) is 23.6. The Morgan fingerprint density at radius 2 is 1.00 bits per heavy atom. The number of hydrogen-bond donors (Lipinski definition) is 3. The zero-order valence-corrected chi connectivity index (χ0v) is 46.1. The third-order valence-corrected chi connectivity index (χ3v) is 14.3. The Bertz CT molecular complexity index is 2820. The van der Waals surface area contributed by atoms with Crippen LogP contribution in [0, 0.1) is 17.8 Å². The highest BCUT2D eigenvalue weighted by Crippen LogP contribution is 2.54. The van der Waals surface area contributed by atoms with Crippen LogP contribution in [0.1, 0.15) is 94.2 Å². The Morgan fingerprint density at radius 3 is 1.44 bits per heavy atom. The number of rotatable bonds is 25. The topological polar surface area (TPSA) is 272 Å². The Balaban J connectivity index is 1.60. The average molecular weight is 1140 g/mol. The minimum atomic E-state index is -2.47. The SMILES string of the molecule is CCOc1ccc(Cc2cc([C@@]3(OC[C@H]4O[C@@](OC)(c5ccc(Cl)c(Cc6ccc(OCC)cc6)c5)[C@@H](OC(C)=O)[C@H](OC(C)=O)[C@@H]4OC(C)=O)O[C@@H](COC(C)=O)[C@H](CC(=O)O)[C@H](CC(=O)O)[C@H]3CC(=O)O)ccc2Cl)cc1. The van der Waals surface area contributed by atoms with Gasteiger partial charge in [-0.25, -0.2) is 0 Å². The highest BCUT2D eigenvalue weighted by molar-refractivity contribution is 6.31. The second kappa shape index (κ2) is 27.4. The molecule has 426 valence electrons. The molecule has 4 aromatic carbocycles. The largest absolute Gasteiger partial charge is 0.494 e. The second-order valence-corrected chi connectivity index (χ2v) is 19.8. The first-order valence-electron chi connectivity index (χ1n) is 25.4. The predicted molar refractivity (Wildman–Crippen MR) is 280 cm³/mol. The average Bonchev–Trinajstić information content (AvgIpc) is 3.56. The van der Waals surface area contributed by atoms with Gasteiger partial charge in [-0.15, -0.1) is 0 Å². The summed E-state index contributed by atoms with van der Waals surface area (Å²) in [6.07, 6.45) is -10.5. The van der Waals surface area contributed by atoms with E-state index in [0.29, 0.717) is 40.9 Å². The molecule has 2 heterocycles. The van der Waals surface area contributed by atoms with Crippen LogP contribution in [-0.2, 0) is 95.9 Å². The molecule has 0 aromatic heterocycles. The van der Waals surface area contributed by atoms with Gasteiger partial charge in [-0.2, -0.15) is 0 Å². The molecule has 3 N–H and O–H groups in total. The maximum Gasteiger partial charge on any atom is 0.303 e. The van der Waals surface area contributed by atoms with E-state index in [4.69, 9.17) is 70.6 Å². The summed E-state index contributed by atoms with van der Waals surface area (Å²) in [5.74, 6) is -15.7. The molecule has 0 spiro atoms. The third-order valence-electron chi connectivity index (χ3n) is 13.5. The van der Waals surface area contributed by atoms with Crippen molar-refractivity contribution in [3.8, 4) is 11.5 Å². The highest BCUT2D eigenvalue weighted by Gasteiger charge is 2.63. The first-order valence-corrected chi connectivity index (χ1v) is 26.1. The van der Waals surface area contributed by atoms with Gasteiger partial charge in [0.15, 0.2) is 18.0 Å². The molecule has 2 aliphatic rings. The third kappa shape index (κ3) is 15.3. The maximum atomic E-state index is 13.2. The van der Waals surface area contributed by atoms with E-state index >= 15 is 0 Å². The Hall–Kier alpha value is -6.81. The van der Waals surface area contributed by atoms with Crippen LogP contribution in [0.2, 0.25) is 10.0 Å². The van der Waals surface area contributed by atoms with Crippen LogP contribution in [0.25, 0.3) is 0 Å². The van der Waals surface area contributed by atoms with Crippen molar-refractivity contribution in [1.82, 2.24) is 0 Å². The van der Waals surface area contributed by atoms with Gasteiger partial charge in [0.05, 0.1) is 38.8 Å². The summed E-state index contributed by atoms with van der Waals surface area (Å²) in [7, 11) is 1.22. The number of hydrogen-bond acceptors (Lipinski definition) is 17. The zero-order valence-electron chi connectivity index (χ0n) is 44.6. The minimum Gasteiger partial charge on any atom is -0.494 e. The summed E-state index contributed by atoms with van der Waals surface area (Å²) in [5.41, 5.74) is 2.73. The normalized spacial score (nSPS) is 24.6. The minimum absolute atomic E-state index is 0.0462. The lowest BCUT2D eigenvalue weighted by Gasteiger charge is -2.54. The van der Waals surface area contributed by atoms with Gasteiger partial charge >= 0.3 is 41.8 Å². The fourth-order valence-corrected chi connectivity index (χ4v) is 10.8. The lowest BCUT2D eigenvalue weighted by molar-refractivity contribution is -0.391. The van der Waals surface area contributed by atoms with Gasteiger partial charge in [0.25, 0.3) is 0 Å². The number of methoxy groups -OCH3 is 1. The van der Waals surface area contributed by atoms with Crippen LogP contribution in [0.3, 0.4) is 0 Å². The Morgan fingerprint density at radius 1 is 0.544 bits per heavy atom. The first-order chi connectivity index (χ1) is 37.5. The number of esters is 4. The lowest BCUT2D eigenvalue weighted by Crippen LogP contribution is -2.67. The van der Waals surface area contributed by atoms with Crippen LogP contribution < -0.4 is 9.47 Å². The number of benzene rings is 4. The fraction of sp³-hybridized carbons (Fsp3) is 0.456. The molecular weight excluding hydrogens is 1080 g/mol. The molecule has 0 amide bonds. The predicted octanol–water partition coefficient (Wildman–Crippen LogP) is 8.07. The van der Waals surface area contributed by atoms with E-state index in [1.165, 1.54) is 25.3 Å². The number of halogens is 2. The summed E-state index contributed by atoms with van der Waals surface area (Å²) in [4.78, 5) is 91.0. The van der Waals surface area contributed by atoms with Gasteiger partial charge in [0.2, 0.25) is 11.9 Å².